The number of sulfone groups is 1. The number of benzene rings is 1. The van der Waals surface area contributed by atoms with Crippen LogP contribution in [-0.4, -0.2) is 57.5 Å². The molecule has 1 atom stereocenters. The zero-order chi connectivity index (χ0) is 19.0. The molecule has 1 amide bonds. The lowest BCUT2D eigenvalue weighted by Crippen LogP contribution is -2.44. The smallest absolute Gasteiger partial charge is 0.221 e. The first-order valence-corrected chi connectivity index (χ1v) is 10.5. The largest absolute Gasteiger partial charge is 0.492 e. The molecule has 8 nitrogen and oxygen atoms in total. The number of ether oxygens (including phenoxy) is 1. The number of carbonyl (C=O) groups is 1. The predicted octanol–water partition coefficient (Wildman–Crippen LogP) is 0.766. The maximum absolute atomic E-state index is 11.5. The SMILES string of the molecule is CCNC(=NCCOc1cccc(NC(C)=O)c1)NC1CCS(=O)(=O)C1. The van der Waals surface area contributed by atoms with Gasteiger partial charge in [0.05, 0.1) is 18.1 Å². The number of guanidine groups is 1. The molecule has 1 heterocycles. The number of amides is 1. The van der Waals surface area contributed by atoms with Crippen LogP contribution in [0.4, 0.5) is 5.69 Å². The molecule has 144 valence electrons. The van der Waals surface area contributed by atoms with Gasteiger partial charge in [0.25, 0.3) is 0 Å². The van der Waals surface area contributed by atoms with E-state index in [2.05, 4.69) is 20.9 Å². The number of hydrogen-bond donors (Lipinski definition) is 3. The van der Waals surface area contributed by atoms with Crippen LogP contribution in [0.15, 0.2) is 29.3 Å². The van der Waals surface area contributed by atoms with E-state index in [1.165, 1.54) is 6.92 Å². The summed E-state index contributed by atoms with van der Waals surface area (Å²) < 4.78 is 28.7. The number of rotatable bonds is 7. The Morgan fingerprint density at radius 3 is 2.85 bits per heavy atom. The zero-order valence-corrected chi connectivity index (χ0v) is 15.9. The van der Waals surface area contributed by atoms with E-state index in [0.29, 0.717) is 43.5 Å². The molecule has 1 aromatic rings. The molecule has 26 heavy (non-hydrogen) atoms. The third kappa shape index (κ3) is 6.91. The molecule has 1 fully saturated rings. The fourth-order valence-electron chi connectivity index (χ4n) is 2.61. The van der Waals surface area contributed by atoms with Crippen molar-refractivity contribution in [2.24, 2.45) is 4.99 Å². The normalized spacial score (nSPS) is 19.0. The van der Waals surface area contributed by atoms with Crippen LogP contribution in [0.2, 0.25) is 0 Å². The highest BCUT2D eigenvalue weighted by atomic mass is 32.2. The topological polar surface area (TPSA) is 109 Å². The number of hydrogen-bond acceptors (Lipinski definition) is 5. The molecule has 1 saturated heterocycles. The van der Waals surface area contributed by atoms with Crippen molar-refractivity contribution in [1.82, 2.24) is 10.6 Å². The maximum Gasteiger partial charge on any atom is 0.221 e. The van der Waals surface area contributed by atoms with Gasteiger partial charge >= 0.3 is 0 Å². The summed E-state index contributed by atoms with van der Waals surface area (Å²) in [5.41, 5.74) is 0.677. The van der Waals surface area contributed by atoms with Crippen molar-refractivity contribution in [2.45, 2.75) is 26.3 Å². The highest BCUT2D eigenvalue weighted by Crippen LogP contribution is 2.17. The summed E-state index contributed by atoms with van der Waals surface area (Å²) in [6.07, 6.45) is 0.596. The van der Waals surface area contributed by atoms with Gasteiger partial charge in [-0.1, -0.05) is 6.07 Å². The molecule has 2 rings (SSSR count). The lowest BCUT2D eigenvalue weighted by Gasteiger charge is -2.16. The van der Waals surface area contributed by atoms with Crippen LogP contribution < -0.4 is 20.7 Å². The van der Waals surface area contributed by atoms with Gasteiger partial charge in [-0.2, -0.15) is 0 Å². The Kier molecular flexibility index (Phi) is 7.26. The van der Waals surface area contributed by atoms with Gasteiger partial charge < -0.3 is 20.7 Å². The van der Waals surface area contributed by atoms with Gasteiger partial charge in [0, 0.05) is 31.3 Å². The van der Waals surface area contributed by atoms with Gasteiger partial charge in [0.15, 0.2) is 15.8 Å². The summed E-state index contributed by atoms with van der Waals surface area (Å²) >= 11 is 0. The third-order valence-corrected chi connectivity index (χ3v) is 5.47. The number of anilines is 1. The second-order valence-electron chi connectivity index (χ2n) is 6.06. The van der Waals surface area contributed by atoms with E-state index in [1.807, 2.05) is 13.0 Å². The fraction of sp³-hybridized carbons (Fsp3) is 0.529. The van der Waals surface area contributed by atoms with E-state index in [1.54, 1.807) is 18.2 Å². The Labute approximate surface area is 154 Å². The minimum Gasteiger partial charge on any atom is -0.492 e. The van der Waals surface area contributed by atoms with E-state index >= 15 is 0 Å². The van der Waals surface area contributed by atoms with Crippen LogP contribution in [0.3, 0.4) is 0 Å². The van der Waals surface area contributed by atoms with E-state index < -0.39 is 9.84 Å². The van der Waals surface area contributed by atoms with Gasteiger partial charge in [-0.3, -0.25) is 4.79 Å². The van der Waals surface area contributed by atoms with Crippen LogP contribution >= 0.6 is 0 Å². The average molecular weight is 382 g/mol. The summed E-state index contributed by atoms with van der Waals surface area (Å²) in [6.45, 7) is 4.87. The van der Waals surface area contributed by atoms with Crippen molar-refractivity contribution in [3.8, 4) is 5.75 Å². The molecule has 1 aromatic carbocycles. The summed E-state index contributed by atoms with van der Waals surface area (Å²) in [4.78, 5) is 15.5. The molecule has 0 radical (unpaired) electrons. The van der Waals surface area contributed by atoms with Crippen LogP contribution in [0.1, 0.15) is 20.3 Å². The van der Waals surface area contributed by atoms with E-state index in [0.717, 1.165) is 0 Å². The van der Waals surface area contributed by atoms with Gasteiger partial charge in [-0.15, -0.1) is 0 Å². The average Bonchev–Trinajstić information content (AvgIpc) is 2.90. The second-order valence-corrected chi connectivity index (χ2v) is 8.29. The Hall–Kier alpha value is -2.29. The molecule has 0 spiro atoms. The molecule has 0 bridgehead atoms. The summed E-state index contributed by atoms with van der Waals surface area (Å²) in [7, 11) is -2.93. The molecule has 1 aliphatic heterocycles. The van der Waals surface area contributed by atoms with Crippen LogP contribution in [0, 0.1) is 0 Å². The van der Waals surface area contributed by atoms with E-state index in [9.17, 15) is 13.2 Å². The monoisotopic (exact) mass is 382 g/mol. The molecular formula is C17H26N4O4S. The third-order valence-electron chi connectivity index (χ3n) is 3.70. The van der Waals surface area contributed by atoms with Crippen LogP contribution in [0.25, 0.3) is 0 Å². The number of nitrogens with one attached hydrogen (secondary N) is 3. The Morgan fingerprint density at radius 1 is 1.38 bits per heavy atom. The molecule has 1 unspecified atom stereocenters. The molecule has 0 aliphatic carbocycles. The van der Waals surface area contributed by atoms with E-state index in [4.69, 9.17) is 4.74 Å². The summed E-state index contributed by atoms with van der Waals surface area (Å²) in [5, 5.41) is 8.97. The Balaban J connectivity index is 1.83. The van der Waals surface area contributed by atoms with Crippen molar-refractivity contribution in [3.63, 3.8) is 0 Å². The quantitative estimate of drug-likeness (QED) is 0.365. The van der Waals surface area contributed by atoms with Crippen molar-refractivity contribution < 1.29 is 17.9 Å². The summed E-state index contributed by atoms with van der Waals surface area (Å²) in [6, 6.07) is 7.04. The van der Waals surface area contributed by atoms with Crippen molar-refractivity contribution in [1.29, 1.82) is 0 Å². The Morgan fingerprint density at radius 2 is 2.19 bits per heavy atom. The van der Waals surface area contributed by atoms with E-state index in [-0.39, 0.29) is 23.5 Å². The first kappa shape index (κ1) is 20.0. The van der Waals surface area contributed by atoms with Crippen molar-refractivity contribution >= 4 is 27.4 Å². The summed E-state index contributed by atoms with van der Waals surface area (Å²) in [5.74, 6) is 1.46. The zero-order valence-electron chi connectivity index (χ0n) is 15.1. The van der Waals surface area contributed by atoms with Gasteiger partial charge in [-0.25, -0.2) is 13.4 Å². The number of carbonyl (C=O) groups excluding carboxylic acids is 1. The minimum atomic E-state index is -2.93. The molecule has 3 N–H and O–H groups in total. The molecule has 1 aliphatic rings. The maximum atomic E-state index is 11.5. The molecular weight excluding hydrogens is 356 g/mol. The Bertz CT molecular complexity index is 749. The van der Waals surface area contributed by atoms with Gasteiger partial charge in [0.1, 0.15) is 12.4 Å². The second kappa shape index (κ2) is 9.42. The highest BCUT2D eigenvalue weighted by Gasteiger charge is 2.28. The minimum absolute atomic E-state index is 0.104. The first-order chi connectivity index (χ1) is 12.4. The first-order valence-electron chi connectivity index (χ1n) is 8.63. The van der Waals surface area contributed by atoms with Crippen molar-refractivity contribution in [2.75, 3.05) is 36.5 Å². The number of aliphatic imine (C=N–C) groups is 1. The standard InChI is InChI=1S/C17H26N4O4S/c1-3-18-17(21-15-7-10-26(23,24)12-15)19-8-9-25-16-6-4-5-14(11-16)20-13(2)22/h4-6,11,15H,3,7-10,12H2,1-2H3,(H,20,22)(H2,18,19,21). The lowest BCUT2D eigenvalue weighted by molar-refractivity contribution is -0.114. The van der Waals surface area contributed by atoms with Crippen LogP contribution in [0.5, 0.6) is 5.75 Å². The highest BCUT2D eigenvalue weighted by molar-refractivity contribution is 7.91. The van der Waals surface area contributed by atoms with Gasteiger partial charge in [0.2, 0.25) is 5.91 Å². The van der Waals surface area contributed by atoms with Gasteiger partial charge in [-0.05, 0) is 25.5 Å². The fourth-order valence-corrected chi connectivity index (χ4v) is 4.28. The molecule has 0 saturated carbocycles. The van der Waals surface area contributed by atoms with Crippen molar-refractivity contribution in [3.05, 3.63) is 24.3 Å². The molecule has 9 heteroatoms. The predicted molar refractivity (Wildman–Crippen MR) is 102 cm³/mol. The lowest BCUT2D eigenvalue weighted by atomic mass is 10.3. The van der Waals surface area contributed by atoms with Crippen LogP contribution in [-0.2, 0) is 14.6 Å². The number of nitrogens with zero attached hydrogens (tertiary/aromatic N) is 1. The molecule has 0 aromatic heterocycles.